The molecule has 0 spiro atoms. The standard InChI is InChI=1S/C23H24N2O4S.CH4O3S.2H2O/c1-2-3-6-21-24-14-19(12-18(23(28)29)13-20-5-4-11-30-20)25(21)15-16-7-9-17(10-8-16)22(26)27;1-5(2,3)4;;/h4-5,7-12,14H,2-3,6,13,15H2,1H3,(H,26,27)(H,28,29);1H3,(H,2,3,4);2*1H2. The van der Waals surface area contributed by atoms with Gasteiger partial charge >= 0.3 is 11.9 Å². The van der Waals surface area contributed by atoms with Crippen molar-refractivity contribution in [1.82, 2.24) is 9.55 Å². The largest absolute Gasteiger partial charge is 0.478 e. The molecule has 0 bridgehead atoms. The van der Waals surface area contributed by atoms with Crippen molar-refractivity contribution in [2.75, 3.05) is 6.26 Å². The first kappa shape index (κ1) is 33.6. The molecule has 11 nitrogen and oxygen atoms in total. The molecule has 7 N–H and O–H groups in total. The molecule has 2 aromatic heterocycles. The second-order valence-corrected chi connectivity index (χ2v) is 10.3. The zero-order chi connectivity index (χ0) is 26.0. The Labute approximate surface area is 219 Å². The molecule has 0 aliphatic heterocycles. The van der Waals surface area contributed by atoms with E-state index < -0.39 is 22.1 Å². The van der Waals surface area contributed by atoms with Gasteiger partial charge in [0.25, 0.3) is 10.1 Å². The molecular weight excluding hydrogens is 524 g/mol. The van der Waals surface area contributed by atoms with Crippen LogP contribution in [0.25, 0.3) is 6.08 Å². The summed E-state index contributed by atoms with van der Waals surface area (Å²) in [6.45, 7) is 2.61. The van der Waals surface area contributed by atoms with Crippen molar-refractivity contribution in [3.8, 4) is 0 Å². The Balaban J connectivity index is 0.00000169. The van der Waals surface area contributed by atoms with E-state index >= 15 is 0 Å². The van der Waals surface area contributed by atoms with E-state index in [1.54, 1.807) is 36.5 Å². The van der Waals surface area contributed by atoms with E-state index in [0.717, 1.165) is 41.2 Å². The van der Waals surface area contributed by atoms with E-state index in [0.29, 0.717) is 24.8 Å². The number of carboxylic acids is 2. The SMILES string of the molecule is CCCCc1ncc(C=C(Cc2cccs2)C(=O)O)n1Cc1ccc(C(=O)O)cc1.CS(=O)(=O)O.O.O. The van der Waals surface area contributed by atoms with E-state index in [1.807, 2.05) is 22.1 Å². The highest BCUT2D eigenvalue weighted by Crippen LogP contribution is 2.20. The highest BCUT2D eigenvalue weighted by Gasteiger charge is 2.14. The molecule has 204 valence electrons. The summed E-state index contributed by atoms with van der Waals surface area (Å²) in [5.41, 5.74) is 2.21. The number of thiophene rings is 1. The van der Waals surface area contributed by atoms with Crippen LogP contribution in [0, 0.1) is 0 Å². The maximum Gasteiger partial charge on any atom is 0.335 e. The van der Waals surface area contributed by atoms with Crippen LogP contribution in [0.2, 0.25) is 0 Å². The molecule has 2 heterocycles. The molecule has 0 atom stereocenters. The Kier molecular flexibility index (Phi) is 14.3. The van der Waals surface area contributed by atoms with Crippen LogP contribution in [-0.2, 0) is 34.3 Å². The number of carboxylic acid groups (broad SMARTS) is 2. The average Bonchev–Trinajstić information content (AvgIpc) is 3.41. The number of benzene rings is 1. The third-order valence-electron chi connectivity index (χ3n) is 4.81. The molecule has 0 saturated heterocycles. The number of aromatic nitrogens is 2. The summed E-state index contributed by atoms with van der Waals surface area (Å²) >= 11 is 1.53. The second kappa shape index (κ2) is 15.7. The van der Waals surface area contributed by atoms with Crippen LogP contribution in [0.4, 0.5) is 0 Å². The summed E-state index contributed by atoms with van der Waals surface area (Å²) in [4.78, 5) is 28.5. The van der Waals surface area contributed by atoms with Crippen LogP contribution >= 0.6 is 11.3 Å². The molecule has 0 radical (unpaired) electrons. The molecule has 3 rings (SSSR count). The van der Waals surface area contributed by atoms with Gasteiger partial charge in [0.15, 0.2) is 0 Å². The molecule has 3 aromatic rings. The van der Waals surface area contributed by atoms with Gasteiger partial charge in [0.2, 0.25) is 0 Å². The van der Waals surface area contributed by atoms with Crippen LogP contribution in [0.3, 0.4) is 0 Å². The maximum absolute atomic E-state index is 11.8. The van der Waals surface area contributed by atoms with Crippen LogP contribution in [0.1, 0.15) is 52.1 Å². The van der Waals surface area contributed by atoms with E-state index in [1.165, 1.54) is 11.3 Å². The minimum atomic E-state index is -3.67. The van der Waals surface area contributed by atoms with E-state index in [9.17, 15) is 23.1 Å². The van der Waals surface area contributed by atoms with Crippen LogP contribution < -0.4 is 0 Å². The Hall–Kier alpha value is -3.36. The summed E-state index contributed by atoms with van der Waals surface area (Å²) in [6, 6.07) is 10.6. The smallest absolute Gasteiger partial charge is 0.335 e. The third-order valence-corrected chi connectivity index (χ3v) is 5.68. The van der Waals surface area contributed by atoms with Crippen molar-refractivity contribution < 1.29 is 43.7 Å². The minimum absolute atomic E-state index is 0. The fourth-order valence-electron chi connectivity index (χ4n) is 3.16. The van der Waals surface area contributed by atoms with Gasteiger partial charge in [-0.1, -0.05) is 31.5 Å². The van der Waals surface area contributed by atoms with Gasteiger partial charge in [-0.05, 0) is 41.6 Å². The van der Waals surface area contributed by atoms with Gasteiger partial charge in [0, 0.05) is 29.8 Å². The summed E-state index contributed by atoms with van der Waals surface area (Å²) in [6.07, 6.45) is 7.29. The summed E-state index contributed by atoms with van der Waals surface area (Å²) < 4.78 is 27.9. The first-order valence-electron chi connectivity index (χ1n) is 10.7. The van der Waals surface area contributed by atoms with Crippen LogP contribution in [0.5, 0.6) is 0 Å². The monoisotopic (exact) mass is 556 g/mol. The van der Waals surface area contributed by atoms with Gasteiger partial charge in [0.1, 0.15) is 5.82 Å². The normalized spacial score (nSPS) is 10.9. The molecule has 1 aromatic carbocycles. The lowest BCUT2D eigenvalue weighted by molar-refractivity contribution is -0.132. The highest BCUT2D eigenvalue weighted by atomic mass is 32.2. The maximum atomic E-state index is 11.8. The van der Waals surface area contributed by atoms with Crippen molar-refractivity contribution in [3.63, 3.8) is 0 Å². The topological polar surface area (TPSA) is 210 Å². The van der Waals surface area contributed by atoms with Gasteiger partial charge < -0.3 is 25.7 Å². The lowest BCUT2D eigenvalue weighted by atomic mass is 10.1. The van der Waals surface area contributed by atoms with Gasteiger partial charge in [-0.15, -0.1) is 11.3 Å². The number of imidazole rings is 1. The second-order valence-electron chi connectivity index (χ2n) is 7.75. The van der Waals surface area contributed by atoms with E-state index in [4.69, 9.17) is 9.66 Å². The number of unbranched alkanes of at least 4 members (excludes halogenated alkanes) is 1. The number of rotatable bonds is 10. The highest BCUT2D eigenvalue weighted by molar-refractivity contribution is 7.85. The van der Waals surface area contributed by atoms with Gasteiger partial charge in [-0.25, -0.2) is 14.6 Å². The first-order valence-corrected chi connectivity index (χ1v) is 13.5. The molecule has 0 aliphatic carbocycles. The Morgan fingerprint density at radius 3 is 2.22 bits per heavy atom. The summed E-state index contributed by atoms with van der Waals surface area (Å²) in [7, 11) is -3.67. The number of aliphatic carboxylic acids is 1. The average molecular weight is 557 g/mol. The Bertz CT molecular complexity index is 1260. The summed E-state index contributed by atoms with van der Waals surface area (Å²) in [5.74, 6) is -1.01. The first-order chi connectivity index (χ1) is 16.5. The lowest BCUT2D eigenvalue weighted by Gasteiger charge is -2.12. The molecule has 13 heteroatoms. The zero-order valence-electron chi connectivity index (χ0n) is 20.4. The fraction of sp³-hybridized carbons (Fsp3) is 0.292. The van der Waals surface area contributed by atoms with Gasteiger partial charge in [0.05, 0.1) is 23.7 Å². The van der Waals surface area contributed by atoms with Crippen molar-refractivity contribution in [1.29, 1.82) is 0 Å². The minimum Gasteiger partial charge on any atom is -0.478 e. The zero-order valence-corrected chi connectivity index (χ0v) is 22.1. The lowest BCUT2D eigenvalue weighted by Crippen LogP contribution is -2.09. The third kappa shape index (κ3) is 11.9. The van der Waals surface area contributed by atoms with Crippen LogP contribution in [0.15, 0.2) is 53.5 Å². The Morgan fingerprint density at radius 2 is 1.73 bits per heavy atom. The van der Waals surface area contributed by atoms with E-state index in [2.05, 4.69) is 11.9 Å². The van der Waals surface area contributed by atoms with Crippen molar-refractivity contribution in [2.24, 2.45) is 0 Å². The van der Waals surface area contributed by atoms with Gasteiger partial charge in [-0.3, -0.25) is 4.55 Å². The van der Waals surface area contributed by atoms with Crippen molar-refractivity contribution in [3.05, 3.63) is 81.1 Å². The van der Waals surface area contributed by atoms with E-state index in [-0.39, 0.29) is 16.5 Å². The number of nitrogens with zero attached hydrogens (tertiary/aromatic N) is 2. The predicted octanol–water partition coefficient (Wildman–Crippen LogP) is 2.60. The van der Waals surface area contributed by atoms with Crippen LogP contribution in [-0.4, -0.2) is 61.9 Å². The number of hydrogen-bond donors (Lipinski definition) is 3. The summed E-state index contributed by atoms with van der Waals surface area (Å²) in [5, 5.41) is 20.7. The number of hydrogen-bond acceptors (Lipinski definition) is 6. The number of aryl methyl sites for hydroxylation is 1. The number of aromatic carboxylic acids is 1. The fourth-order valence-corrected chi connectivity index (χ4v) is 3.89. The molecular formula is C24H32N2O9S2. The number of carbonyl (C=O) groups is 2. The molecule has 37 heavy (non-hydrogen) atoms. The predicted molar refractivity (Wildman–Crippen MR) is 142 cm³/mol. The van der Waals surface area contributed by atoms with Crippen molar-refractivity contribution >= 4 is 39.5 Å². The van der Waals surface area contributed by atoms with Crippen molar-refractivity contribution in [2.45, 2.75) is 39.2 Å². The molecule has 0 unspecified atom stereocenters. The Morgan fingerprint density at radius 1 is 1.11 bits per heavy atom. The molecule has 0 fully saturated rings. The molecule has 0 saturated carbocycles. The molecule has 0 aliphatic rings. The van der Waals surface area contributed by atoms with Gasteiger partial charge in [-0.2, -0.15) is 8.42 Å². The molecule has 0 amide bonds. The quantitative estimate of drug-likeness (QED) is 0.249.